The minimum absolute atomic E-state index is 0.00305. The summed E-state index contributed by atoms with van der Waals surface area (Å²) in [6.45, 7) is 0. The number of aliphatic hydroxyl groups excluding tert-OH is 2. The zero-order chi connectivity index (χ0) is 28.4. The highest BCUT2D eigenvalue weighted by atomic mass is 127. The van der Waals surface area contributed by atoms with Gasteiger partial charge in [0.25, 0.3) is 5.91 Å². The highest BCUT2D eigenvalue weighted by Gasteiger charge is 2.60. The van der Waals surface area contributed by atoms with E-state index < -0.39 is 58.4 Å². The molecule has 12 nitrogen and oxygen atoms in total. The van der Waals surface area contributed by atoms with Crippen LogP contribution in [0.3, 0.4) is 0 Å². The highest BCUT2D eigenvalue weighted by molar-refractivity contribution is 14.1. The number of primary amides is 1. The number of nitrogens with zero attached hydrogens (tertiary/aromatic N) is 2. The lowest BCUT2D eigenvalue weighted by Crippen LogP contribution is -2.58. The Morgan fingerprint density at radius 1 is 1.08 bits per heavy atom. The molecule has 0 saturated heterocycles. The van der Waals surface area contributed by atoms with Crippen LogP contribution in [0, 0.1) is 11.8 Å². The number of benzene rings is 2. The van der Waals surface area contributed by atoms with Crippen LogP contribution in [0.4, 0.5) is 5.69 Å². The first-order valence-corrected chi connectivity index (χ1v) is 12.8. The minimum Gasteiger partial charge on any atom is -0.508 e. The number of halogens is 1. The number of carbonyl (C=O) groups excluding carboxylic acids is 4. The SMILES string of the molecule is NN=Nc1cc(C(=O)I)cc(-c2ccc(O)c3c2C[C@H]2C[C@H]4CC(=O)C(C(N)=O)=C(O)[C@@]4(O)C(=O)C2=C3O)c1. The number of Topliss-reactive ketones (excluding diaryl/α,β-unsaturated/α-hetero) is 2. The van der Waals surface area contributed by atoms with Gasteiger partial charge in [-0.15, -0.1) is 5.11 Å². The topological polar surface area (TPSA) is 226 Å². The van der Waals surface area contributed by atoms with Crippen molar-refractivity contribution in [2.75, 3.05) is 0 Å². The van der Waals surface area contributed by atoms with Gasteiger partial charge in [0.1, 0.15) is 22.8 Å². The monoisotopic (exact) mass is 644 g/mol. The standard InChI is InChI=1S/C26H21IN4O8/c27-24(37)11-3-9(5-13(6-11)30-31-29)14-1-2-16(32)19-15(14)7-10-4-12-8-17(33)20(25(28)38)23(36)26(12,39)22(35)18(10)21(19)34/h1-3,5-6,10,12,32,34,36,39H,4,7-8H2,(H2,28,38)(H2,29,30)/t10-,12+,26+/m1/s1. The number of phenolic OH excluding ortho intramolecular Hbond substituents is 1. The third kappa shape index (κ3) is 3.91. The van der Waals surface area contributed by atoms with E-state index in [0.717, 1.165) is 0 Å². The van der Waals surface area contributed by atoms with Gasteiger partial charge in [-0.1, -0.05) is 11.3 Å². The molecule has 0 bridgehead atoms. The van der Waals surface area contributed by atoms with E-state index in [1.807, 2.05) is 0 Å². The van der Waals surface area contributed by atoms with Crippen LogP contribution in [0.2, 0.25) is 0 Å². The molecule has 8 N–H and O–H groups in total. The molecular weight excluding hydrogens is 623 g/mol. The molecule has 1 amide bonds. The predicted octanol–water partition coefficient (Wildman–Crippen LogP) is 2.62. The summed E-state index contributed by atoms with van der Waals surface area (Å²) in [4.78, 5) is 50.1. The Morgan fingerprint density at radius 3 is 2.44 bits per heavy atom. The van der Waals surface area contributed by atoms with Gasteiger partial charge in [0.2, 0.25) is 9.57 Å². The van der Waals surface area contributed by atoms with Crippen molar-refractivity contribution in [1.29, 1.82) is 0 Å². The number of hydrogen-bond acceptors (Lipinski definition) is 10. The number of fused-ring (bicyclic) bond motifs is 3. The van der Waals surface area contributed by atoms with Crippen molar-refractivity contribution < 1.29 is 39.6 Å². The molecule has 13 heteroatoms. The van der Waals surface area contributed by atoms with Gasteiger partial charge in [-0.3, -0.25) is 19.2 Å². The molecule has 0 heterocycles. The van der Waals surface area contributed by atoms with Gasteiger partial charge in [0.05, 0.1) is 11.3 Å². The van der Waals surface area contributed by atoms with Crippen molar-refractivity contribution in [3.63, 3.8) is 0 Å². The smallest absolute Gasteiger partial charge is 0.255 e. The fourth-order valence-electron chi connectivity index (χ4n) is 5.90. The average Bonchev–Trinajstić information content (AvgIpc) is 2.86. The van der Waals surface area contributed by atoms with Crippen molar-refractivity contribution in [2.45, 2.75) is 24.9 Å². The van der Waals surface area contributed by atoms with Crippen LogP contribution >= 0.6 is 22.6 Å². The second kappa shape index (κ2) is 9.27. The molecular formula is C26H21IN4O8. The van der Waals surface area contributed by atoms with E-state index in [0.29, 0.717) is 27.9 Å². The Kier molecular flexibility index (Phi) is 6.30. The normalized spacial score (nSPS) is 24.5. The van der Waals surface area contributed by atoms with E-state index in [9.17, 15) is 39.6 Å². The van der Waals surface area contributed by atoms with Crippen molar-refractivity contribution in [1.82, 2.24) is 0 Å². The summed E-state index contributed by atoms with van der Waals surface area (Å²) in [6.07, 6.45) is -0.312. The number of phenols is 1. The molecule has 2 aromatic rings. The zero-order valence-corrected chi connectivity index (χ0v) is 22.2. The van der Waals surface area contributed by atoms with Gasteiger partial charge in [0, 0.05) is 46.1 Å². The van der Waals surface area contributed by atoms with Gasteiger partial charge in [0.15, 0.2) is 11.4 Å². The van der Waals surface area contributed by atoms with E-state index in [4.69, 9.17) is 11.6 Å². The largest absolute Gasteiger partial charge is 0.508 e. The number of rotatable bonds is 4. The second-order valence-electron chi connectivity index (χ2n) is 9.65. The summed E-state index contributed by atoms with van der Waals surface area (Å²) in [5.41, 5.74) is 3.49. The summed E-state index contributed by atoms with van der Waals surface area (Å²) >= 11 is 1.62. The third-order valence-electron chi connectivity index (χ3n) is 7.58. The quantitative estimate of drug-likeness (QED) is 0.0717. The van der Waals surface area contributed by atoms with Gasteiger partial charge in [-0.05, 0) is 59.7 Å². The van der Waals surface area contributed by atoms with Crippen LogP contribution in [-0.2, 0) is 20.8 Å². The van der Waals surface area contributed by atoms with Crippen LogP contribution in [-0.4, -0.2) is 47.3 Å². The van der Waals surface area contributed by atoms with Crippen LogP contribution in [0.25, 0.3) is 16.9 Å². The summed E-state index contributed by atoms with van der Waals surface area (Å²) in [7, 11) is 0. The minimum atomic E-state index is -2.64. The van der Waals surface area contributed by atoms with E-state index in [1.54, 1.807) is 40.8 Å². The first kappa shape index (κ1) is 26.5. The van der Waals surface area contributed by atoms with Crippen molar-refractivity contribution >= 4 is 55.3 Å². The Balaban J connectivity index is 1.71. The molecule has 3 aliphatic carbocycles. The number of ketones is 2. The van der Waals surface area contributed by atoms with E-state index in [1.165, 1.54) is 12.1 Å². The molecule has 0 radical (unpaired) electrons. The molecule has 0 aromatic heterocycles. The summed E-state index contributed by atoms with van der Waals surface area (Å²) in [6, 6.07) is 7.61. The van der Waals surface area contributed by atoms with Gasteiger partial charge >= 0.3 is 0 Å². The molecule has 0 aliphatic heterocycles. The van der Waals surface area contributed by atoms with Crippen LogP contribution in [0.5, 0.6) is 5.75 Å². The maximum Gasteiger partial charge on any atom is 0.255 e. The first-order chi connectivity index (χ1) is 18.4. The van der Waals surface area contributed by atoms with Gasteiger partial charge in [-0.2, -0.15) is 0 Å². The lowest BCUT2D eigenvalue weighted by atomic mass is 9.59. The van der Waals surface area contributed by atoms with Crippen LogP contribution in [0.1, 0.15) is 34.3 Å². The third-order valence-corrected chi connectivity index (χ3v) is 8.20. The fraction of sp³-hybridized carbons (Fsp3) is 0.231. The van der Waals surface area contributed by atoms with E-state index >= 15 is 0 Å². The lowest BCUT2D eigenvalue weighted by Gasteiger charge is -2.46. The first-order valence-electron chi connectivity index (χ1n) is 11.7. The van der Waals surface area contributed by atoms with E-state index in [2.05, 4.69) is 10.3 Å². The zero-order valence-electron chi connectivity index (χ0n) is 20.0. The Hall–Kier alpha value is -4.11. The molecule has 1 fully saturated rings. The van der Waals surface area contributed by atoms with Crippen molar-refractivity contribution in [2.24, 2.45) is 33.7 Å². The molecule has 0 spiro atoms. The maximum absolute atomic E-state index is 13.6. The number of hydrogen-bond donors (Lipinski definition) is 6. The highest BCUT2D eigenvalue weighted by Crippen LogP contribution is 2.53. The van der Waals surface area contributed by atoms with Crippen molar-refractivity contribution in [3.05, 3.63) is 63.9 Å². The molecule has 39 heavy (non-hydrogen) atoms. The van der Waals surface area contributed by atoms with Crippen molar-refractivity contribution in [3.8, 4) is 16.9 Å². The number of aromatic hydroxyl groups is 1. The molecule has 200 valence electrons. The molecule has 3 aliphatic rings. The predicted molar refractivity (Wildman–Crippen MR) is 144 cm³/mol. The van der Waals surface area contributed by atoms with Gasteiger partial charge < -0.3 is 32.0 Å². The average molecular weight is 644 g/mol. The van der Waals surface area contributed by atoms with E-state index in [-0.39, 0.29) is 33.5 Å². The number of nitrogens with two attached hydrogens (primary N) is 2. The summed E-state index contributed by atoms with van der Waals surface area (Å²) < 4.78 is -0.275. The molecule has 2 aromatic carbocycles. The Bertz CT molecular complexity index is 1610. The number of aliphatic hydroxyl groups is 3. The molecule has 3 atom stereocenters. The Labute approximate surface area is 233 Å². The van der Waals surface area contributed by atoms with Crippen LogP contribution in [0.15, 0.2) is 57.6 Å². The van der Waals surface area contributed by atoms with Crippen LogP contribution < -0.4 is 11.6 Å². The molecule has 0 unspecified atom stereocenters. The number of carbonyl (C=O) groups is 4. The lowest BCUT2D eigenvalue weighted by molar-refractivity contribution is -0.147. The summed E-state index contributed by atoms with van der Waals surface area (Å²) in [5.74, 6) is -1.84. The molecule has 1 saturated carbocycles. The summed E-state index contributed by atoms with van der Waals surface area (Å²) in [5, 5.41) is 51.1. The molecule has 5 rings (SSSR count). The van der Waals surface area contributed by atoms with Gasteiger partial charge in [-0.25, -0.2) is 0 Å². The second-order valence-corrected chi connectivity index (χ2v) is 10.6. The Morgan fingerprint density at radius 2 is 1.79 bits per heavy atom. The fourth-order valence-corrected chi connectivity index (χ4v) is 6.21. The number of amides is 1. The maximum atomic E-state index is 13.6.